The molecule has 2 bridgehead atoms. The molecule has 5 nitrogen and oxygen atoms in total. The Bertz CT molecular complexity index is 706. The zero-order valence-electron chi connectivity index (χ0n) is 13.8. The van der Waals surface area contributed by atoms with Crippen LogP contribution in [0.5, 0.6) is 0 Å². The molecule has 4 rings (SSSR count). The van der Waals surface area contributed by atoms with Crippen molar-refractivity contribution in [1.29, 1.82) is 5.26 Å². The van der Waals surface area contributed by atoms with E-state index in [1.165, 1.54) is 11.1 Å². The second-order valence-electron chi connectivity index (χ2n) is 7.51. The Kier molecular flexibility index (Phi) is 4.26. The minimum atomic E-state index is -0.181. The van der Waals surface area contributed by atoms with Crippen molar-refractivity contribution in [3.05, 3.63) is 21.0 Å². The number of fused-ring (bicyclic) bond motifs is 2. The number of aromatic nitrogens is 2. The molecule has 1 aromatic heterocycles. The molecule has 0 aliphatic heterocycles. The number of nitrogens with zero attached hydrogens (tertiary/aromatic N) is 3. The zero-order chi connectivity index (χ0) is 16.8. The Morgan fingerprint density at radius 2 is 2.26 bits per heavy atom. The molecular weight excluding hydrogens is 356 g/mol. The van der Waals surface area contributed by atoms with E-state index in [0.717, 1.165) is 23.9 Å². The molecule has 3 aliphatic carbocycles. The van der Waals surface area contributed by atoms with Crippen LogP contribution in [0, 0.1) is 34.5 Å². The molecule has 0 radical (unpaired) electrons. The molecule has 1 heterocycles. The smallest absolute Gasteiger partial charge is 0.283 e. The Balaban J connectivity index is 1.76. The molecular formula is C17H23BrN4O. The van der Waals surface area contributed by atoms with Crippen LogP contribution in [0.15, 0.2) is 15.5 Å². The Morgan fingerprint density at radius 3 is 2.87 bits per heavy atom. The molecule has 3 aliphatic rings. The van der Waals surface area contributed by atoms with E-state index in [9.17, 15) is 4.79 Å². The van der Waals surface area contributed by atoms with E-state index in [0.29, 0.717) is 28.4 Å². The van der Waals surface area contributed by atoms with Crippen LogP contribution in [0.3, 0.4) is 0 Å². The van der Waals surface area contributed by atoms with Crippen LogP contribution in [-0.2, 0) is 6.54 Å². The normalized spacial score (nSPS) is 31.1. The molecule has 0 unspecified atom stereocenters. The standard InChI is InChI=1S/C17H23BrN4O/c1-10-12-7-11(17(12,2)3)8-13(10)21-14-9-20-22(6-4-5-19)16(23)15(14)18/h9-13,21H,4,6-8H2,1-3H3/t10-,11-,12+,13-/m1/s1. The van der Waals surface area contributed by atoms with Gasteiger partial charge < -0.3 is 5.32 Å². The van der Waals surface area contributed by atoms with Crippen molar-refractivity contribution < 1.29 is 0 Å². The third-order valence-corrected chi connectivity index (χ3v) is 6.88. The van der Waals surface area contributed by atoms with E-state index in [2.05, 4.69) is 47.1 Å². The average molecular weight is 379 g/mol. The molecule has 1 N–H and O–H groups in total. The Hall–Kier alpha value is -1.35. The Morgan fingerprint density at radius 1 is 1.52 bits per heavy atom. The summed E-state index contributed by atoms with van der Waals surface area (Å²) in [4.78, 5) is 12.3. The van der Waals surface area contributed by atoms with E-state index < -0.39 is 0 Å². The molecule has 0 amide bonds. The monoisotopic (exact) mass is 378 g/mol. The van der Waals surface area contributed by atoms with Crippen LogP contribution in [0.1, 0.15) is 40.0 Å². The summed E-state index contributed by atoms with van der Waals surface area (Å²) in [5.41, 5.74) is 1.03. The maximum atomic E-state index is 12.3. The number of halogens is 1. The molecule has 0 aromatic carbocycles. The predicted octanol–water partition coefficient (Wildman–Crippen LogP) is 3.40. The first-order chi connectivity index (χ1) is 10.9. The van der Waals surface area contributed by atoms with Crippen LogP contribution in [-0.4, -0.2) is 15.8 Å². The van der Waals surface area contributed by atoms with E-state index in [-0.39, 0.29) is 12.0 Å². The Labute approximate surface area is 145 Å². The first-order valence-electron chi connectivity index (χ1n) is 8.25. The lowest BCUT2D eigenvalue weighted by atomic mass is 9.45. The number of rotatable bonds is 4. The number of hydrogen-bond acceptors (Lipinski definition) is 4. The van der Waals surface area contributed by atoms with Gasteiger partial charge in [-0.15, -0.1) is 0 Å². The van der Waals surface area contributed by atoms with Crippen LogP contribution in [0.2, 0.25) is 0 Å². The second kappa shape index (κ2) is 5.94. The van der Waals surface area contributed by atoms with Crippen molar-refractivity contribution in [2.45, 2.75) is 52.6 Å². The fourth-order valence-electron chi connectivity index (χ4n) is 4.42. The van der Waals surface area contributed by atoms with Crippen molar-refractivity contribution in [1.82, 2.24) is 9.78 Å². The van der Waals surface area contributed by atoms with Crippen molar-refractivity contribution in [2.75, 3.05) is 5.32 Å². The van der Waals surface area contributed by atoms with Crippen molar-refractivity contribution in [3.8, 4) is 6.07 Å². The molecule has 23 heavy (non-hydrogen) atoms. The highest BCUT2D eigenvalue weighted by molar-refractivity contribution is 9.10. The van der Waals surface area contributed by atoms with Crippen LogP contribution < -0.4 is 10.9 Å². The second-order valence-corrected chi connectivity index (χ2v) is 8.31. The largest absolute Gasteiger partial charge is 0.380 e. The van der Waals surface area contributed by atoms with Crippen LogP contribution in [0.25, 0.3) is 0 Å². The third-order valence-electron chi connectivity index (χ3n) is 6.12. The fourth-order valence-corrected chi connectivity index (χ4v) is 4.84. The van der Waals surface area contributed by atoms with Crippen LogP contribution >= 0.6 is 15.9 Å². The number of aryl methyl sites for hydroxylation is 1. The van der Waals surface area contributed by atoms with Gasteiger partial charge in [0.25, 0.3) is 5.56 Å². The minimum absolute atomic E-state index is 0.181. The lowest BCUT2D eigenvalue weighted by molar-refractivity contribution is -0.105. The predicted molar refractivity (Wildman–Crippen MR) is 93.0 cm³/mol. The maximum Gasteiger partial charge on any atom is 0.283 e. The molecule has 3 fully saturated rings. The lowest BCUT2D eigenvalue weighted by Crippen LogP contribution is -2.58. The van der Waals surface area contributed by atoms with E-state index >= 15 is 0 Å². The maximum absolute atomic E-state index is 12.3. The summed E-state index contributed by atoms with van der Waals surface area (Å²) >= 11 is 3.40. The number of nitrogens with one attached hydrogen (secondary N) is 1. The number of hydrogen-bond donors (Lipinski definition) is 1. The molecule has 0 saturated heterocycles. The van der Waals surface area contributed by atoms with E-state index in [1.54, 1.807) is 6.20 Å². The first-order valence-corrected chi connectivity index (χ1v) is 9.04. The van der Waals surface area contributed by atoms with Gasteiger partial charge in [-0.2, -0.15) is 10.4 Å². The highest BCUT2D eigenvalue weighted by Crippen LogP contribution is 2.61. The van der Waals surface area contributed by atoms with Gasteiger partial charge in [-0.3, -0.25) is 4.79 Å². The molecule has 124 valence electrons. The number of nitriles is 1. The van der Waals surface area contributed by atoms with Gasteiger partial charge in [0.1, 0.15) is 4.47 Å². The SMILES string of the molecule is C[C@H]1[C@H](Nc2cnn(CCC#N)c(=O)c2Br)C[C@H]2C[C@@H]1C2(C)C. The first kappa shape index (κ1) is 16.5. The van der Waals surface area contributed by atoms with Gasteiger partial charge in [0.15, 0.2) is 0 Å². The minimum Gasteiger partial charge on any atom is -0.380 e. The summed E-state index contributed by atoms with van der Waals surface area (Å²) in [7, 11) is 0. The van der Waals surface area contributed by atoms with Crippen molar-refractivity contribution in [2.24, 2.45) is 23.2 Å². The van der Waals surface area contributed by atoms with Gasteiger partial charge in [-0.1, -0.05) is 20.8 Å². The highest BCUT2D eigenvalue weighted by Gasteiger charge is 2.56. The van der Waals surface area contributed by atoms with Crippen molar-refractivity contribution in [3.63, 3.8) is 0 Å². The summed E-state index contributed by atoms with van der Waals surface area (Å²) < 4.78 is 1.85. The summed E-state index contributed by atoms with van der Waals surface area (Å²) in [5, 5.41) is 16.4. The van der Waals surface area contributed by atoms with E-state index in [4.69, 9.17) is 5.26 Å². The van der Waals surface area contributed by atoms with Crippen molar-refractivity contribution >= 4 is 21.6 Å². The lowest BCUT2D eigenvalue weighted by Gasteiger charge is -2.62. The molecule has 0 spiro atoms. The van der Waals surface area contributed by atoms with Gasteiger partial charge in [0.05, 0.1) is 30.9 Å². The molecule has 4 atom stereocenters. The van der Waals surface area contributed by atoms with Gasteiger partial charge in [-0.25, -0.2) is 4.68 Å². The van der Waals surface area contributed by atoms with Gasteiger partial charge in [0, 0.05) is 6.04 Å². The number of anilines is 1. The van der Waals surface area contributed by atoms with Gasteiger partial charge >= 0.3 is 0 Å². The summed E-state index contributed by atoms with van der Waals surface area (Å²) in [5.74, 6) is 2.10. The highest BCUT2D eigenvalue weighted by atomic mass is 79.9. The van der Waals surface area contributed by atoms with E-state index in [1.807, 2.05) is 6.07 Å². The molecule has 1 aromatic rings. The fraction of sp³-hybridized carbons (Fsp3) is 0.706. The summed E-state index contributed by atoms with van der Waals surface area (Å²) in [6.45, 7) is 7.40. The summed E-state index contributed by atoms with van der Waals surface area (Å²) in [6, 6.07) is 2.42. The topological polar surface area (TPSA) is 70.7 Å². The zero-order valence-corrected chi connectivity index (χ0v) is 15.4. The molecule has 3 saturated carbocycles. The van der Waals surface area contributed by atoms with Gasteiger partial charge in [0.2, 0.25) is 0 Å². The van der Waals surface area contributed by atoms with Crippen LogP contribution in [0.4, 0.5) is 5.69 Å². The van der Waals surface area contributed by atoms with Gasteiger partial charge in [-0.05, 0) is 51.9 Å². The summed E-state index contributed by atoms with van der Waals surface area (Å²) in [6.07, 6.45) is 4.46. The average Bonchev–Trinajstić information content (AvgIpc) is 2.52. The third kappa shape index (κ3) is 2.69. The quantitative estimate of drug-likeness (QED) is 0.871. The molecule has 6 heteroatoms.